The predicted molar refractivity (Wildman–Crippen MR) is 116 cm³/mol. The zero-order valence-electron chi connectivity index (χ0n) is 16.4. The number of nitrogens with one attached hydrogen (secondary N) is 2. The molecule has 0 bridgehead atoms. The van der Waals surface area contributed by atoms with Gasteiger partial charge in [-0.1, -0.05) is 60.7 Å². The lowest BCUT2D eigenvalue weighted by molar-refractivity contribution is -0.140. The smallest absolute Gasteiger partial charge is 0.305 e. The second kappa shape index (κ2) is 12.0. The maximum absolute atomic E-state index is 12.6. The van der Waals surface area contributed by atoms with Gasteiger partial charge >= 0.3 is 5.97 Å². The number of benzene rings is 2. The monoisotopic (exact) mass is 430 g/mol. The molecule has 3 atom stereocenters. The van der Waals surface area contributed by atoms with E-state index in [1.807, 2.05) is 60.7 Å². The van der Waals surface area contributed by atoms with Crippen molar-refractivity contribution in [3.05, 3.63) is 71.8 Å². The molecule has 2 aromatic carbocycles. The van der Waals surface area contributed by atoms with E-state index < -0.39 is 41.5 Å². The highest BCUT2D eigenvalue weighted by atomic mass is 32.1. The van der Waals surface area contributed by atoms with Crippen LogP contribution in [-0.4, -0.2) is 51.9 Å². The highest BCUT2D eigenvalue weighted by Gasteiger charge is 2.27. The maximum Gasteiger partial charge on any atom is 0.305 e. The van der Waals surface area contributed by atoms with E-state index in [0.717, 1.165) is 11.1 Å². The Hall–Kier alpha value is -2.84. The van der Waals surface area contributed by atoms with Crippen molar-refractivity contribution >= 4 is 30.4 Å². The minimum atomic E-state index is -1.27. The molecular formula is C22H26N2O5S. The fraction of sp³-hybridized carbons (Fsp3) is 0.318. The summed E-state index contributed by atoms with van der Waals surface area (Å²) in [5.41, 5.74) is 1.81. The molecule has 2 amide bonds. The van der Waals surface area contributed by atoms with Gasteiger partial charge < -0.3 is 20.8 Å². The number of hydrogen-bond acceptors (Lipinski definition) is 5. The molecule has 0 aliphatic rings. The van der Waals surface area contributed by atoms with Gasteiger partial charge in [0.2, 0.25) is 11.8 Å². The van der Waals surface area contributed by atoms with Gasteiger partial charge in [0.05, 0.1) is 24.3 Å². The van der Waals surface area contributed by atoms with Gasteiger partial charge in [0, 0.05) is 0 Å². The van der Waals surface area contributed by atoms with Gasteiger partial charge in [-0.2, -0.15) is 12.6 Å². The summed E-state index contributed by atoms with van der Waals surface area (Å²) in [6.45, 7) is -0.322. The Kier molecular flexibility index (Phi) is 9.37. The number of carbonyl (C=O) groups is 3. The molecule has 8 heteroatoms. The summed E-state index contributed by atoms with van der Waals surface area (Å²) in [5.74, 6) is -2.42. The summed E-state index contributed by atoms with van der Waals surface area (Å²) in [4.78, 5) is 36.3. The van der Waals surface area contributed by atoms with E-state index in [1.165, 1.54) is 0 Å². The van der Waals surface area contributed by atoms with Gasteiger partial charge in [0.1, 0.15) is 6.04 Å². The van der Waals surface area contributed by atoms with Gasteiger partial charge in [0.15, 0.2) is 0 Å². The molecular weight excluding hydrogens is 404 g/mol. The van der Waals surface area contributed by atoms with Crippen molar-refractivity contribution in [3.8, 4) is 0 Å². The van der Waals surface area contributed by atoms with Gasteiger partial charge in [-0.05, 0) is 24.0 Å². The lowest BCUT2D eigenvalue weighted by Gasteiger charge is -2.23. The number of hydrogen-bond donors (Lipinski definition) is 5. The number of rotatable bonds is 11. The number of carbonyl (C=O) groups excluding carboxylic acids is 2. The first-order valence-electron chi connectivity index (χ1n) is 9.58. The molecule has 0 fully saturated rings. The van der Waals surface area contributed by atoms with E-state index >= 15 is 0 Å². The average molecular weight is 431 g/mol. The Bertz CT molecular complexity index is 832. The average Bonchev–Trinajstić information content (AvgIpc) is 2.73. The summed E-state index contributed by atoms with van der Waals surface area (Å²) in [7, 11) is 0. The highest BCUT2D eigenvalue weighted by Crippen LogP contribution is 2.09. The number of carboxylic acids is 1. The van der Waals surface area contributed by atoms with Crippen LogP contribution in [0.15, 0.2) is 60.7 Å². The first-order chi connectivity index (χ1) is 14.4. The van der Waals surface area contributed by atoms with Crippen molar-refractivity contribution in [1.29, 1.82) is 0 Å². The van der Waals surface area contributed by atoms with Crippen LogP contribution in [0.5, 0.6) is 0 Å². The van der Waals surface area contributed by atoms with Crippen LogP contribution in [-0.2, 0) is 27.2 Å². The first kappa shape index (κ1) is 23.4. The number of aliphatic hydroxyl groups is 1. The van der Waals surface area contributed by atoms with Crippen molar-refractivity contribution < 1.29 is 24.6 Å². The molecule has 160 valence electrons. The minimum Gasteiger partial charge on any atom is -0.481 e. The SMILES string of the molecule is O=C(O)CC(NC(=O)[C@@H](S)Cc1ccccc1)C(=O)N[C@H](CO)Cc1ccccc1. The zero-order chi connectivity index (χ0) is 21.9. The van der Waals surface area contributed by atoms with Gasteiger partial charge in [0.25, 0.3) is 0 Å². The molecule has 2 rings (SSSR count). The molecule has 1 unspecified atom stereocenters. The third-order valence-electron chi connectivity index (χ3n) is 4.48. The molecule has 0 aromatic heterocycles. The number of thiol groups is 1. The summed E-state index contributed by atoms with van der Waals surface area (Å²) in [6.07, 6.45) is 0.136. The number of aliphatic hydroxyl groups excluding tert-OH is 1. The van der Waals surface area contributed by atoms with Crippen molar-refractivity contribution in [3.63, 3.8) is 0 Å². The van der Waals surface area contributed by atoms with Gasteiger partial charge in [-0.25, -0.2) is 0 Å². The number of aliphatic carboxylic acids is 1. The standard InChI is InChI=1S/C22H26N2O5S/c25-14-17(11-15-7-3-1-4-8-15)23-21(28)18(13-20(26)27)24-22(29)19(30)12-16-9-5-2-6-10-16/h1-10,17-19,25,30H,11-14H2,(H,23,28)(H,24,29)(H,26,27)/t17-,18?,19-/m0/s1. The van der Waals surface area contributed by atoms with Crippen LogP contribution >= 0.6 is 12.6 Å². The fourth-order valence-electron chi connectivity index (χ4n) is 2.94. The predicted octanol–water partition coefficient (Wildman–Crippen LogP) is 1.21. The van der Waals surface area contributed by atoms with E-state index in [9.17, 15) is 19.5 Å². The summed E-state index contributed by atoms with van der Waals surface area (Å²) in [5, 5.41) is 23.1. The molecule has 2 aromatic rings. The molecule has 0 heterocycles. The van der Waals surface area contributed by atoms with Crippen LogP contribution in [0.2, 0.25) is 0 Å². The molecule has 4 N–H and O–H groups in total. The Morgan fingerprint density at radius 2 is 1.37 bits per heavy atom. The zero-order valence-corrected chi connectivity index (χ0v) is 17.3. The van der Waals surface area contributed by atoms with Gasteiger partial charge in [-0.3, -0.25) is 14.4 Å². The molecule has 0 saturated heterocycles. The van der Waals surface area contributed by atoms with Crippen LogP contribution in [0.1, 0.15) is 17.5 Å². The Morgan fingerprint density at radius 3 is 1.87 bits per heavy atom. The number of amides is 2. The molecule has 0 radical (unpaired) electrons. The normalized spacial score (nSPS) is 13.7. The van der Waals surface area contributed by atoms with Crippen LogP contribution in [0.4, 0.5) is 0 Å². The van der Waals surface area contributed by atoms with Crippen molar-refractivity contribution in [2.75, 3.05) is 6.61 Å². The van der Waals surface area contributed by atoms with E-state index in [2.05, 4.69) is 23.3 Å². The molecule has 0 saturated carbocycles. The van der Waals surface area contributed by atoms with E-state index in [0.29, 0.717) is 12.8 Å². The second-order valence-corrected chi connectivity index (χ2v) is 7.57. The van der Waals surface area contributed by atoms with Crippen molar-refractivity contribution in [2.45, 2.75) is 36.6 Å². The summed E-state index contributed by atoms with van der Waals surface area (Å²) in [6, 6.07) is 16.6. The number of carboxylic acid groups (broad SMARTS) is 1. The van der Waals surface area contributed by atoms with E-state index in [1.54, 1.807) is 0 Å². The fourth-order valence-corrected chi connectivity index (χ4v) is 3.23. The Balaban J connectivity index is 1.99. The van der Waals surface area contributed by atoms with E-state index in [4.69, 9.17) is 5.11 Å². The lowest BCUT2D eigenvalue weighted by atomic mass is 10.1. The molecule has 0 aliphatic heterocycles. The Morgan fingerprint density at radius 1 is 0.833 bits per heavy atom. The minimum absolute atomic E-state index is 0.322. The third-order valence-corrected chi connectivity index (χ3v) is 4.90. The van der Waals surface area contributed by atoms with Crippen molar-refractivity contribution in [1.82, 2.24) is 10.6 Å². The highest BCUT2D eigenvalue weighted by molar-refractivity contribution is 7.81. The summed E-state index contributed by atoms with van der Waals surface area (Å²) >= 11 is 4.29. The van der Waals surface area contributed by atoms with E-state index in [-0.39, 0.29) is 6.61 Å². The lowest BCUT2D eigenvalue weighted by Crippen LogP contribution is -2.53. The quantitative estimate of drug-likeness (QED) is 0.344. The molecule has 0 aliphatic carbocycles. The third kappa shape index (κ3) is 7.88. The Labute approximate surface area is 180 Å². The topological polar surface area (TPSA) is 116 Å². The van der Waals surface area contributed by atoms with Crippen LogP contribution < -0.4 is 10.6 Å². The van der Waals surface area contributed by atoms with Crippen molar-refractivity contribution in [2.24, 2.45) is 0 Å². The molecule has 0 spiro atoms. The van der Waals surface area contributed by atoms with Crippen LogP contribution in [0.25, 0.3) is 0 Å². The van der Waals surface area contributed by atoms with Crippen LogP contribution in [0, 0.1) is 0 Å². The largest absolute Gasteiger partial charge is 0.481 e. The second-order valence-electron chi connectivity index (χ2n) is 6.94. The molecule has 7 nitrogen and oxygen atoms in total. The summed E-state index contributed by atoms with van der Waals surface area (Å²) < 4.78 is 0. The van der Waals surface area contributed by atoms with Gasteiger partial charge in [-0.15, -0.1) is 0 Å². The first-order valence-corrected chi connectivity index (χ1v) is 10.1. The van der Waals surface area contributed by atoms with Crippen LogP contribution in [0.3, 0.4) is 0 Å². The molecule has 30 heavy (non-hydrogen) atoms. The maximum atomic E-state index is 12.6.